The summed E-state index contributed by atoms with van der Waals surface area (Å²) >= 11 is 0. The van der Waals surface area contributed by atoms with Crippen molar-refractivity contribution < 1.29 is 0 Å². The summed E-state index contributed by atoms with van der Waals surface area (Å²) in [6.45, 7) is 0. The largest absolute Gasteiger partial charge is 0.309 e. The highest BCUT2D eigenvalue weighted by Gasteiger charge is 2.25. The van der Waals surface area contributed by atoms with Gasteiger partial charge in [-0.1, -0.05) is 231 Å². The maximum absolute atomic E-state index is 2.53. The predicted molar refractivity (Wildman–Crippen MR) is 288 cm³/mol. The Kier molecular flexibility index (Phi) is 9.25. The lowest BCUT2D eigenvalue weighted by molar-refractivity contribution is 1.31. The van der Waals surface area contributed by atoms with Gasteiger partial charge in [-0.15, -0.1) is 0 Å². The molecule has 13 rings (SSSR count). The topological polar surface area (TPSA) is 3.24 Å². The maximum atomic E-state index is 2.53. The molecule has 0 atom stereocenters. The van der Waals surface area contributed by atoms with Gasteiger partial charge in [-0.05, 0) is 129 Å². The van der Waals surface area contributed by atoms with Gasteiger partial charge in [0.2, 0.25) is 0 Å². The second-order valence-corrected chi connectivity index (χ2v) is 17.5. The summed E-state index contributed by atoms with van der Waals surface area (Å²) in [4.78, 5) is 2.53. The Bertz CT molecular complexity index is 4020. The number of hydrogen-bond acceptors (Lipinski definition) is 1. The monoisotopic (exact) mass is 849 g/mol. The van der Waals surface area contributed by atoms with E-state index in [1.54, 1.807) is 0 Å². The van der Waals surface area contributed by atoms with E-state index in [2.05, 4.69) is 266 Å². The van der Waals surface area contributed by atoms with Gasteiger partial charge in [0, 0.05) is 16.6 Å². The Morgan fingerprint density at radius 3 is 1.46 bits per heavy atom. The van der Waals surface area contributed by atoms with Crippen LogP contribution < -0.4 is 4.90 Å². The highest BCUT2D eigenvalue weighted by molar-refractivity contribution is 6.33. The molecule has 13 aromatic carbocycles. The molecule has 0 aliphatic heterocycles. The van der Waals surface area contributed by atoms with E-state index in [1.165, 1.54) is 109 Å². The minimum absolute atomic E-state index is 1.09. The standard InChI is InChI=1S/C66H43N/c1-4-21-45(22-5-1)59-43-60(46-23-6-2-7-24-46)65-57-36-17-15-33-54(57)61-42-49(39-40-58(61)66(65)64(59)47-26-8-3-9-27-47)67(63-41-48-28-11-13-31-51(48)52-32-14-16-35-56(52)63)62-38-19-18-34-55(62)53-37-20-29-44-25-10-12-30-50(44)53/h1-43H. The van der Waals surface area contributed by atoms with E-state index in [1.807, 2.05) is 0 Å². The number of para-hydroxylation sites is 1. The summed E-state index contributed by atoms with van der Waals surface area (Å²) in [5.74, 6) is 0. The molecular weight excluding hydrogens is 807 g/mol. The van der Waals surface area contributed by atoms with Gasteiger partial charge < -0.3 is 4.90 Å². The van der Waals surface area contributed by atoms with Crippen LogP contribution in [-0.2, 0) is 0 Å². The van der Waals surface area contributed by atoms with Crippen molar-refractivity contribution in [2.24, 2.45) is 0 Å². The van der Waals surface area contributed by atoms with Crippen molar-refractivity contribution in [3.63, 3.8) is 0 Å². The van der Waals surface area contributed by atoms with Crippen LogP contribution in [0.2, 0.25) is 0 Å². The first kappa shape index (κ1) is 38.7. The molecule has 0 saturated heterocycles. The van der Waals surface area contributed by atoms with Gasteiger partial charge >= 0.3 is 0 Å². The van der Waals surface area contributed by atoms with Crippen molar-refractivity contribution in [3.8, 4) is 44.5 Å². The van der Waals surface area contributed by atoms with Crippen molar-refractivity contribution in [2.45, 2.75) is 0 Å². The molecule has 0 N–H and O–H groups in total. The highest BCUT2D eigenvalue weighted by Crippen LogP contribution is 2.52. The second-order valence-electron chi connectivity index (χ2n) is 17.5. The van der Waals surface area contributed by atoms with Gasteiger partial charge in [-0.3, -0.25) is 0 Å². The molecule has 1 nitrogen and oxygen atoms in total. The number of hydrogen-bond donors (Lipinski definition) is 0. The summed E-state index contributed by atoms with van der Waals surface area (Å²) in [6, 6.07) is 96.1. The van der Waals surface area contributed by atoms with Crippen LogP contribution in [0.4, 0.5) is 17.1 Å². The first-order valence-electron chi connectivity index (χ1n) is 23.2. The minimum Gasteiger partial charge on any atom is -0.309 e. The van der Waals surface area contributed by atoms with Crippen molar-refractivity contribution in [2.75, 3.05) is 4.90 Å². The lowest BCUT2D eigenvalue weighted by atomic mass is 9.81. The Labute approximate surface area is 390 Å². The van der Waals surface area contributed by atoms with Crippen LogP contribution in [0.5, 0.6) is 0 Å². The molecule has 0 aliphatic carbocycles. The smallest absolute Gasteiger partial charge is 0.0546 e. The molecule has 0 bridgehead atoms. The van der Waals surface area contributed by atoms with Gasteiger partial charge in [0.1, 0.15) is 0 Å². The number of benzene rings is 13. The molecule has 312 valence electrons. The Morgan fingerprint density at radius 2 is 0.731 bits per heavy atom. The van der Waals surface area contributed by atoms with E-state index >= 15 is 0 Å². The van der Waals surface area contributed by atoms with Crippen LogP contribution >= 0.6 is 0 Å². The van der Waals surface area contributed by atoms with Crippen LogP contribution in [0, 0.1) is 0 Å². The van der Waals surface area contributed by atoms with Crippen LogP contribution in [0.1, 0.15) is 0 Å². The predicted octanol–water partition coefficient (Wildman–Crippen LogP) is 18.7. The number of nitrogens with zero attached hydrogens (tertiary/aromatic N) is 1. The fraction of sp³-hybridized carbons (Fsp3) is 0. The van der Waals surface area contributed by atoms with Gasteiger partial charge in [-0.25, -0.2) is 0 Å². The van der Waals surface area contributed by atoms with E-state index in [0.29, 0.717) is 0 Å². The summed E-state index contributed by atoms with van der Waals surface area (Å²) < 4.78 is 0. The summed E-state index contributed by atoms with van der Waals surface area (Å²) in [5.41, 5.74) is 13.0. The second kappa shape index (κ2) is 16.0. The van der Waals surface area contributed by atoms with Gasteiger partial charge in [-0.2, -0.15) is 0 Å². The van der Waals surface area contributed by atoms with E-state index in [9.17, 15) is 0 Å². The quantitative estimate of drug-likeness (QED) is 0.144. The van der Waals surface area contributed by atoms with Crippen molar-refractivity contribution in [1.29, 1.82) is 0 Å². The van der Waals surface area contributed by atoms with E-state index in [0.717, 1.165) is 17.1 Å². The first-order chi connectivity index (χ1) is 33.3. The molecule has 1 heteroatoms. The van der Waals surface area contributed by atoms with E-state index < -0.39 is 0 Å². The van der Waals surface area contributed by atoms with Gasteiger partial charge in [0.15, 0.2) is 0 Å². The fourth-order valence-corrected chi connectivity index (χ4v) is 10.9. The van der Waals surface area contributed by atoms with Gasteiger partial charge in [0.05, 0.1) is 11.4 Å². The van der Waals surface area contributed by atoms with E-state index in [4.69, 9.17) is 0 Å². The molecule has 0 saturated carbocycles. The number of anilines is 3. The molecule has 0 radical (unpaired) electrons. The van der Waals surface area contributed by atoms with Crippen molar-refractivity contribution in [3.05, 3.63) is 261 Å². The van der Waals surface area contributed by atoms with Gasteiger partial charge in [0.25, 0.3) is 0 Å². The molecule has 13 aromatic rings. The normalized spacial score (nSPS) is 11.6. The van der Waals surface area contributed by atoms with Crippen molar-refractivity contribution in [1.82, 2.24) is 0 Å². The minimum atomic E-state index is 1.09. The Balaban J connectivity index is 1.19. The molecule has 0 unspecified atom stereocenters. The number of rotatable bonds is 7. The molecule has 0 fully saturated rings. The number of fused-ring (bicyclic) bond motifs is 10. The van der Waals surface area contributed by atoms with E-state index in [-0.39, 0.29) is 0 Å². The highest BCUT2D eigenvalue weighted by atomic mass is 15.1. The van der Waals surface area contributed by atoms with Crippen LogP contribution in [0.3, 0.4) is 0 Å². The lowest BCUT2D eigenvalue weighted by Gasteiger charge is -2.30. The zero-order valence-corrected chi connectivity index (χ0v) is 36.8. The third-order valence-electron chi connectivity index (χ3n) is 13.8. The zero-order chi connectivity index (χ0) is 44.3. The summed E-state index contributed by atoms with van der Waals surface area (Å²) in [5, 5.41) is 14.7. The van der Waals surface area contributed by atoms with Crippen molar-refractivity contribution >= 4 is 81.7 Å². The summed E-state index contributed by atoms with van der Waals surface area (Å²) in [7, 11) is 0. The van der Waals surface area contributed by atoms with Crippen LogP contribution in [0.25, 0.3) is 109 Å². The summed E-state index contributed by atoms with van der Waals surface area (Å²) in [6.07, 6.45) is 0. The molecule has 0 heterocycles. The third-order valence-corrected chi connectivity index (χ3v) is 13.8. The molecule has 0 aromatic heterocycles. The average molecular weight is 850 g/mol. The lowest BCUT2D eigenvalue weighted by Crippen LogP contribution is -2.12. The zero-order valence-electron chi connectivity index (χ0n) is 36.8. The molecule has 67 heavy (non-hydrogen) atoms. The maximum Gasteiger partial charge on any atom is 0.0546 e. The average Bonchev–Trinajstić information content (AvgIpc) is 3.41. The third kappa shape index (κ3) is 6.39. The first-order valence-corrected chi connectivity index (χ1v) is 23.2. The Morgan fingerprint density at radius 1 is 0.224 bits per heavy atom. The fourth-order valence-electron chi connectivity index (χ4n) is 10.9. The van der Waals surface area contributed by atoms with Crippen LogP contribution in [-0.4, -0.2) is 0 Å². The SMILES string of the molecule is c1ccc(-c2cc(-c3ccccc3)c3c4ccccc4c4cc(N(c5ccccc5-c5cccc6ccccc56)c5cc6ccccc6c6ccccc56)ccc4c3c2-c2ccccc2)cc1. The van der Waals surface area contributed by atoms with Crippen LogP contribution in [0.15, 0.2) is 261 Å². The Hall–Kier alpha value is -8.78. The molecular formula is C66H43N. The molecule has 0 spiro atoms. The molecule has 0 aliphatic rings. The molecule has 0 amide bonds.